The lowest BCUT2D eigenvalue weighted by Gasteiger charge is -2.19. The Bertz CT molecular complexity index is 1480. The van der Waals surface area contributed by atoms with Gasteiger partial charge < -0.3 is 15.7 Å². The lowest BCUT2D eigenvalue weighted by molar-refractivity contribution is -0.137. The third-order valence-electron chi connectivity index (χ3n) is 5.82. The summed E-state index contributed by atoms with van der Waals surface area (Å²) in [6, 6.07) is 17.9. The normalized spacial score (nSPS) is 14.1. The number of amides is 1. The summed E-state index contributed by atoms with van der Waals surface area (Å²) in [5, 5.41) is 15.0. The van der Waals surface area contributed by atoms with E-state index in [0.717, 1.165) is 16.1 Å². The minimum atomic E-state index is -3.43. The molecule has 10 heteroatoms. The van der Waals surface area contributed by atoms with Gasteiger partial charge in [-0.05, 0) is 66.1 Å². The van der Waals surface area contributed by atoms with Crippen molar-refractivity contribution in [2.24, 2.45) is 0 Å². The van der Waals surface area contributed by atoms with Crippen LogP contribution >= 0.6 is 0 Å². The number of anilines is 3. The number of carboxylic acid groups (broad SMARTS) is 1. The molecule has 186 valence electrons. The molecule has 3 aromatic rings. The van der Waals surface area contributed by atoms with Crippen LogP contribution in [0.15, 0.2) is 66.7 Å². The van der Waals surface area contributed by atoms with Gasteiger partial charge in [-0.2, -0.15) is 0 Å². The number of hydrogen-bond donors (Lipinski definition) is 3. The van der Waals surface area contributed by atoms with E-state index in [1.807, 2.05) is 6.07 Å². The first-order chi connectivity index (χ1) is 17.0. The molecule has 0 saturated carbocycles. The van der Waals surface area contributed by atoms with Crippen LogP contribution in [0.2, 0.25) is 0 Å². The van der Waals surface area contributed by atoms with Crippen molar-refractivity contribution in [2.45, 2.75) is 12.8 Å². The zero-order chi connectivity index (χ0) is 26.0. The number of carbonyl (C=O) groups is 2. The van der Waals surface area contributed by atoms with Gasteiger partial charge in [0, 0.05) is 24.7 Å². The Hall–Kier alpha value is -4.18. The number of fused-ring (bicyclic) bond motifs is 1. The summed E-state index contributed by atoms with van der Waals surface area (Å²) in [5.74, 6) is -1.81. The van der Waals surface area contributed by atoms with E-state index in [1.54, 1.807) is 42.5 Å². The maximum absolute atomic E-state index is 13.8. The van der Waals surface area contributed by atoms with Crippen molar-refractivity contribution in [1.82, 2.24) is 0 Å². The number of rotatable bonds is 8. The summed E-state index contributed by atoms with van der Waals surface area (Å²) >= 11 is 0. The van der Waals surface area contributed by atoms with Crippen LogP contribution in [-0.2, 0) is 26.0 Å². The number of aryl methyl sites for hydroxylation is 1. The average Bonchev–Trinajstić information content (AvgIpc) is 3.15. The first kappa shape index (κ1) is 24.9. The molecule has 8 nitrogen and oxygen atoms in total. The van der Waals surface area contributed by atoms with Crippen LogP contribution in [0.5, 0.6) is 0 Å². The van der Waals surface area contributed by atoms with Crippen LogP contribution < -0.4 is 14.9 Å². The first-order valence-corrected chi connectivity index (χ1v) is 12.9. The van der Waals surface area contributed by atoms with Gasteiger partial charge in [0.15, 0.2) is 0 Å². The average molecular weight is 510 g/mol. The van der Waals surface area contributed by atoms with E-state index in [9.17, 15) is 22.4 Å². The lowest BCUT2D eigenvalue weighted by Crippen LogP contribution is -2.24. The third kappa shape index (κ3) is 5.38. The zero-order valence-corrected chi connectivity index (χ0v) is 20.4. The Labute approximate surface area is 208 Å². The van der Waals surface area contributed by atoms with Gasteiger partial charge in [-0.25, -0.2) is 12.8 Å². The number of carboxylic acids is 1. The number of carbonyl (C=O) groups excluding carboxylic acids is 1. The molecule has 0 radical (unpaired) electrons. The van der Waals surface area contributed by atoms with Crippen molar-refractivity contribution < 1.29 is 27.5 Å². The molecule has 0 saturated heterocycles. The summed E-state index contributed by atoms with van der Waals surface area (Å²) in [5.41, 5.74) is 4.08. The van der Waals surface area contributed by atoms with E-state index in [0.29, 0.717) is 45.9 Å². The maximum Gasteiger partial charge on any atom is 0.303 e. The molecule has 0 fully saturated rings. The molecule has 3 aromatic carbocycles. The van der Waals surface area contributed by atoms with E-state index in [4.69, 9.17) is 5.11 Å². The highest BCUT2D eigenvalue weighted by Gasteiger charge is 2.29. The Morgan fingerprint density at radius 2 is 1.81 bits per heavy atom. The minimum absolute atomic E-state index is 0.0410. The molecule has 3 N–H and O–H groups in total. The molecule has 0 aromatic heterocycles. The lowest BCUT2D eigenvalue weighted by atomic mass is 9.97. The molecular formula is C26H24FN3O5S. The number of sulfonamides is 1. The van der Waals surface area contributed by atoms with Crippen molar-refractivity contribution in [3.05, 3.63) is 89.2 Å². The number of nitrogens with one attached hydrogen (secondary N) is 2. The number of nitrogens with zero attached hydrogens (tertiary/aromatic N) is 1. The highest BCUT2D eigenvalue weighted by Crippen LogP contribution is 2.38. The van der Waals surface area contributed by atoms with Gasteiger partial charge in [0.25, 0.3) is 5.91 Å². The van der Waals surface area contributed by atoms with Gasteiger partial charge in [0.2, 0.25) is 10.0 Å². The molecular weight excluding hydrogens is 485 g/mol. The van der Waals surface area contributed by atoms with Crippen molar-refractivity contribution in [3.8, 4) is 0 Å². The Morgan fingerprint density at radius 1 is 1.08 bits per heavy atom. The summed E-state index contributed by atoms with van der Waals surface area (Å²) in [6.45, 7) is 0. The molecule has 1 aliphatic heterocycles. The van der Waals surface area contributed by atoms with Crippen molar-refractivity contribution >= 4 is 50.2 Å². The fourth-order valence-electron chi connectivity index (χ4n) is 3.90. The minimum Gasteiger partial charge on any atom is -0.481 e. The Balaban J connectivity index is 1.80. The topological polar surface area (TPSA) is 116 Å². The van der Waals surface area contributed by atoms with Gasteiger partial charge in [-0.1, -0.05) is 18.2 Å². The zero-order valence-electron chi connectivity index (χ0n) is 19.6. The Kier molecular flexibility index (Phi) is 6.80. The van der Waals surface area contributed by atoms with E-state index in [-0.39, 0.29) is 6.42 Å². The molecule has 36 heavy (non-hydrogen) atoms. The van der Waals surface area contributed by atoms with E-state index < -0.39 is 27.7 Å². The predicted octanol–water partition coefficient (Wildman–Crippen LogP) is 4.17. The van der Waals surface area contributed by atoms with E-state index >= 15 is 0 Å². The van der Waals surface area contributed by atoms with Crippen LogP contribution in [0.25, 0.3) is 11.3 Å². The molecule has 0 bridgehead atoms. The first-order valence-electron chi connectivity index (χ1n) is 11.0. The molecule has 1 aliphatic rings. The van der Waals surface area contributed by atoms with Crippen LogP contribution in [0, 0.1) is 5.82 Å². The van der Waals surface area contributed by atoms with E-state index in [1.165, 1.54) is 25.2 Å². The Morgan fingerprint density at radius 3 is 2.47 bits per heavy atom. The van der Waals surface area contributed by atoms with Crippen LogP contribution in [0.3, 0.4) is 0 Å². The number of aliphatic carboxylic acids is 1. The number of benzene rings is 3. The van der Waals surface area contributed by atoms with Crippen molar-refractivity contribution in [2.75, 3.05) is 28.2 Å². The van der Waals surface area contributed by atoms with Gasteiger partial charge in [0.1, 0.15) is 5.82 Å². The highest BCUT2D eigenvalue weighted by atomic mass is 32.2. The summed E-state index contributed by atoms with van der Waals surface area (Å²) < 4.78 is 38.7. The van der Waals surface area contributed by atoms with Crippen LogP contribution in [0.4, 0.5) is 21.5 Å². The molecule has 0 unspecified atom stereocenters. The van der Waals surface area contributed by atoms with Crippen LogP contribution in [0.1, 0.15) is 23.1 Å². The molecule has 0 atom stereocenters. The van der Waals surface area contributed by atoms with Crippen LogP contribution in [-0.4, -0.2) is 38.7 Å². The standard InChI is InChI=1S/C26H24FN3O5S/c1-30(36(2,34)35)20-10-8-19(9-11-20)28-25(17-5-3-4-16(14-17)6-13-23(31)32)24-21-12-7-18(27)15-22(21)29-26(24)33/h3-5,7-12,14-15,28H,6,13H2,1-2H3,(H,29,33)(H,31,32)/b25-24-. The van der Waals surface area contributed by atoms with Crippen molar-refractivity contribution in [3.63, 3.8) is 0 Å². The second kappa shape index (κ2) is 9.82. The monoisotopic (exact) mass is 509 g/mol. The van der Waals surface area contributed by atoms with Gasteiger partial charge >= 0.3 is 5.97 Å². The SMILES string of the molecule is CN(c1ccc(N/C(=C2\C(=O)Nc3cc(F)ccc32)c2cccc(CCC(=O)O)c2)cc1)S(C)(=O)=O. The fourth-order valence-corrected chi connectivity index (χ4v) is 4.40. The number of hydrogen-bond acceptors (Lipinski definition) is 5. The van der Waals surface area contributed by atoms with Crippen molar-refractivity contribution in [1.29, 1.82) is 0 Å². The fraction of sp³-hybridized carbons (Fsp3) is 0.154. The second-order valence-electron chi connectivity index (χ2n) is 8.39. The third-order valence-corrected chi connectivity index (χ3v) is 7.02. The van der Waals surface area contributed by atoms with E-state index in [2.05, 4.69) is 10.6 Å². The highest BCUT2D eigenvalue weighted by molar-refractivity contribution is 7.92. The predicted molar refractivity (Wildman–Crippen MR) is 138 cm³/mol. The summed E-state index contributed by atoms with van der Waals surface area (Å²) in [7, 11) is -1.98. The molecule has 0 spiro atoms. The summed E-state index contributed by atoms with van der Waals surface area (Å²) in [4.78, 5) is 24.1. The van der Waals surface area contributed by atoms with Gasteiger partial charge in [-0.15, -0.1) is 0 Å². The smallest absolute Gasteiger partial charge is 0.303 e. The molecule has 1 heterocycles. The molecule has 0 aliphatic carbocycles. The van der Waals surface area contributed by atoms with Gasteiger partial charge in [-0.3, -0.25) is 13.9 Å². The molecule has 4 rings (SSSR count). The maximum atomic E-state index is 13.8. The number of halogens is 1. The quantitative estimate of drug-likeness (QED) is 0.393. The largest absolute Gasteiger partial charge is 0.481 e. The molecule has 1 amide bonds. The summed E-state index contributed by atoms with van der Waals surface area (Å²) in [6.07, 6.45) is 1.38. The second-order valence-corrected chi connectivity index (χ2v) is 10.4. The van der Waals surface area contributed by atoms with Gasteiger partial charge in [0.05, 0.1) is 28.9 Å².